The number of carbonyl (C=O) groups excluding carboxylic acids is 1. The van der Waals surface area contributed by atoms with Gasteiger partial charge >= 0.3 is 0 Å². The molecule has 0 unspecified atom stereocenters. The van der Waals surface area contributed by atoms with Crippen LogP contribution in [0.1, 0.15) is 26.6 Å². The molecular weight excluding hydrogens is 272 g/mol. The molecule has 0 bridgehead atoms. The Balaban J connectivity index is 2.05. The Kier molecular flexibility index (Phi) is 4.34. The van der Waals surface area contributed by atoms with Gasteiger partial charge in [-0.3, -0.25) is 4.79 Å². The van der Waals surface area contributed by atoms with Crippen LogP contribution in [0.3, 0.4) is 0 Å². The third kappa shape index (κ3) is 3.54. The lowest BCUT2D eigenvalue weighted by Gasteiger charge is -2.12. The standard InChI is InChI=1S/C14H18N4OS/c1-9-5-12(20-8-9)13(19)15-7-11-6-10(2)16-14(17-11)18(3)4/h5-6,8H,7H2,1-4H3,(H,15,19). The van der Waals surface area contributed by atoms with Gasteiger partial charge in [0.15, 0.2) is 0 Å². The Morgan fingerprint density at radius 3 is 2.65 bits per heavy atom. The Morgan fingerprint density at radius 2 is 2.05 bits per heavy atom. The molecule has 2 aromatic rings. The first-order valence-corrected chi connectivity index (χ1v) is 7.19. The SMILES string of the molecule is Cc1csc(C(=O)NCc2cc(C)nc(N(C)C)n2)c1. The maximum atomic E-state index is 12.0. The number of anilines is 1. The summed E-state index contributed by atoms with van der Waals surface area (Å²) < 4.78 is 0. The highest BCUT2D eigenvalue weighted by atomic mass is 32.1. The van der Waals surface area contributed by atoms with Crippen molar-refractivity contribution in [3.05, 3.63) is 39.3 Å². The van der Waals surface area contributed by atoms with Gasteiger partial charge in [0.05, 0.1) is 17.1 Å². The van der Waals surface area contributed by atoms with Gasteiger partial charge < -0.3 is 10.2 Å². The molecule has 2 aromatic heterocycles. The zero-order chi connectivity index (χ0) is 14.7. The minimum Gasteiger partial charge on any atom is -0.347 e. The quantitative estimate of drug-likeness (QED) is 0.937. The summed E-state index contributed by atoms with van der Waals surface area (Å²) in [5.41, 5.74) is 2.80. The van der Waals surface area contributed by atoms with Crippen LogP contribution in [0.15, 0.2) is 17.5 Å². The lowest BCUT2D eigenvalue weighted by Crippen LogP contribution is -2.23. The fourth-order valence-corrected chi connectivity index (χ4v) is 2.53. The zero-order valence-electron chi connectivity index (χ0n) is 12.1. The number of nitrogens with one attached hydrogen (secondary N) is 1. The molecule has 1 N–H and O–H groups in total. The highest BCUT2D eigenvalue weighted by Gasteiger charge is 2.09. The summed E-state index contributed by atoms with van der Waals surface area (Å²) in [4.78, 5) is 23.3. The number of hydrogen-bond acceptors (Lipinski definition) is 5. The van der Waals surface area contributed by atoms with Crippen LogP contribution in [-0.4, -0.2) is 30.0 Å². The number of hydrogen-bond donors (Lipinski definition) is 1. The molecule has 106 valence electrons. The van der Waals surface area contributed by atoms with Gasteiger partial charge in [-0.25, -0.2) is 9.97 Å². The van der Waals surface area contributed by atoms with E-state index in [1.807, 2.05) is 50.4 Å². The smallest absolute Gasteiger partial charge is 0.261 e. The topological polar surface area (TPSA) is 58.1 Å². The first-order chi connectivity index (χ1) is 9.45. The minimum atomic E-state index is -0.0641. The number of carbonyl (C=O) groups is 1. The van der Waals surface area contributed by atoms with Gasteiger partial charge in [0.2, 0.25) is 5.95 Å². The highest BCUT2D eigenvalue weighted by molar-refractivity contribution is 7.12. The molecule has 0 aliphatic rings. The van der Waals surface area contributed by atoms with Gasteiger partial charge in [0.1, 0.15) is 0 Å². The van der Waals surface area contributed by atoms with E-state index in [1.54, 1.807) is 0 Å². The Bertz CT molecular complexity index is 621. The molecule has 6 heteroatoms. The van der Waals surface area contributed by atoms with E-state index in [1.165, 1.54) is 11.3 Å². The van der Waals surface area contributed by atoms with Gasteiger partial charge in [0.25, 0.3) is 5.91 Å². The maximum absolute atomic E-state index is 12.0. The highest BCUT2D eigenvalue weighted by Crippen LogP contribution is 2.13. The monoisotopic (exact) mass is 290 g/mol. The molecule has 2 rings (SSSR count). The Hall–Kier alpha value is -1.95. The Labute approximate surface area is 122 Å². The van der Waals surface area contributed by atoms with E-state index in [0.29, 0.717) is 12.5 Å². The third-order valence-corrected chi connectivity index (χ3v) is 3.73. The van der Waals surface area contributed by atoms with Crippen molar-refractivity contribution >= 4 is 23.2 Å². The molecule has 0 saturated heterocycles. The molecule has 0 aliphatic carbocycles. The summed E-state index contributed by atoms with van der Waals surface area (Å²) in [5.74, 6) is 0.590. The number of thiophene rings is 1. The van der Waals surface area contributed by atoms with E-state index < -0.39 is 0 Å². The molecule has 0 spiro atoms. The fraction of sp³-hybridized carbons (Fsp3) is 0.357. The normalized spacial score (nSPS) is 10.4. The minimum absolute atomic E-state index is 0.0641. The summed E-state index contributed by atoms with van der Waals surface area (Å²) in [5, 5.41) is 4.85. The molecule has 0 saturated carbocycles. The van der Waals surface area contributed by atoms with Gasteiger partial charge in [-0.15, -0.1) is 11.3 Å². The van der Waals surface area contributed by atoms with Crippen molar-refractivity contribution in [3.8, 4) is 0 Å². The molecular formula is C14H18N4OS. The van der Waals surface area contributed by atoms with Crippen molar-refractivity contribution in [1.29, 1.82) is 0 Å². The van der Waals surface area contributed by atoms with Crippen LogP contribution in [0.25, 0.3) is 0 Å². The molecule has 1 amide bonds. The summed E-state index contributed by atoms with van der Waals surface area (Å²) in [7, 11) is 3.79. The first-order valence-electron chi connectivity index (χ1n) is 6.31. The number of amides is 1. The van der Waals surface area contributed by atoms with Crippen molar-refractivity contribution in [2.75, 3.05) is 19.0 Å². The van der Waals surface area contributed by atoms with Crippen LogP contribution in [0.2, 0.25) is 0 Å². The van der Waals surface area contributed by atoms with Gasteiger partial charge in [-0.1, -0.05) is 0 Å². The van der Waals surface area contributed by atoms with Gasteiger partial charge in [-0.2, -0.15) is 0 Å². The molecule has 20 heavy (non-hydrogen) atoms. The molecule has 0 atom stereocenters. The Morgan fingerprint density at radius 1 is 1.30 bits per heavy atom. The first kappa shape index (κ1) is 14.5. The molecule has 0 aromatic carbocycles. The van der Waals surface area contributed by atoms with E-state index in [2.05, 4.69) is 15.3 Å². The molecule has 0 fully saturated rings. The predicted octanol–water partition coefficient (Wildman–Crippen LogP) is 2.15. The molecule has 0 radical (unpaired) electrons. The summed E-state index contributed by atoms with van der Waals surface area (Å²) in [6, 6.07) is 3.77. The maximum Gasteiger partial charge on any atom is 0.261 e. The second-order valence-electron chi connectivity index (χ2n) is 4.87. The van der Waals surface area contributed by atoms with Crippen molar-refractivity contribution in [2.45, 2.75) is 20.4 Å². The number of aryl methyl sites for hydroxylation is 2. The fourth-order valence-electron chi connectivity index (χ4n) is 1.72. The summed E-state index contributed by atoms with van der Waals surface area (Å²) in [6.45, 7) is 4.30. The lowest BCUT2D eigenvalue weighted by molar-refractivity contribution is 0.0954. The van der Waals surface area contributed by atoms with Crippen LogP contribution in [0.5, 0.6) is 0 Å². The van der Waals surface area contributed by atoms with Crippen molar-refractivity contribution in [3.63, 3.8) is 0 Å². The van der Waals surface area contributed by atoms with E-state index >= 15 is 0 Å². The van der Waals surface area contributed by atoms with Crippen molar-refractivity contribution < 1.29 is 4.79 Å². The van der Waals surface area contributed by atoms with Crippen molar-refractivity contribution in [2.24, 2.45) is 0 Å². The van der Waals surface area contributed by atoms with E-state index in [4.69, 9.17) is 0 Å². The lowest BCUT2D eigenvalue weighted by atomic mass is 10.3. The van der Waals surface area contributed by atoms with Crippen LogP contribution in [-0.2, 0) is 6.54 Å². The van der Waals surface area contributed by atoms with E-state index in [9.17, 15) is 4.79 Å². The van der Waals surface area contributed by atoms with Gasteiger partial charge in [0, 0.05) is 19.8 Å². The second-order valence-corrected chi connectivity index (χ2v) is 5.78. The number of nitrogens with zero attached hydrogens (tertiary/aromatic N) is 3. The predicted molar refractivity (Wildman–Crippen MR) is 81.3 cm³/mol. The van der Waals surface area contributed by atoms with E-state index in [-0.39, 0.29) is 5.91 Å². The van der Waals surface area contributed by atoms with Crippen LogP contribution >= 0.6 is 11.3 Å². The van der Waals surface area contributed by atoms with Crippen LogP contribution in [0, 0.1) is 13.8 Å². The van der Waals surface area contributed by atoms with Gasteiger partial charge in [-0.05, 0) is 36.9 Å². The molecule has 5 nitrogen and oxygen atoms in total. The second kappa shape index (κ2) is 6.00. The van der Waals surface area contributed by atoms with Crippen LogP contribution < -0.4 is 10.2 Å². The van der Waals surface area contributed by atoms with Crippen molar-refractivity contribution in [1.82, 2.24) is 15.3 Å². The molecule has 2 heterocycles. The zero-order valence-corrected chi connectivity index (χ0v) is 12.9. The third-order valence-electron chi connectivity index (χ3n) is 2.68. The van der Waals surface area contributed by atoms with E-state index in [0.717, 1.165) is 21.8 Å². The summed E-state index contributed by atoms with van der Waals surface area (Å²) in [6.07, 6.45) is 0. The number of rotatable bonds is 4. The largest absolute Gasteiger partial charge is 0.347 e. The average molecular weight is 290 g/mol. The van der Waals surface area contributed by atoms with Crippen LogP contribution in [0.4, 0.5) is 5.95 Å². The average Bonchev–Trinajstić information content (AvgIpc) is 2.82. The number of aromatic nitrogens is 2. The molecule has 0 aliphatic heterocycles. The summed E-state index contributed by atoms with van der Waals surface area (Å²) >= 11 is 1.45.